The van der Waals surface area contributed by atoms with Crippen molar-refractivity contribution in [1.82, 2.24) is 5.32 Å². The zero-order valence-corrected chi connectivity index (χ0v) is 10.7. The molecule has 2 rings (SSSR count). The lowest BCUT2D eigenvalue weighted by atomic mass is 10.1. The Morgan fingerprint density at radius 3 is 2.50 bits per heavy atom. The molecule has 2 aromatic rings. The summed E-state index contributed by atoms with van der Waals surface area (Å²) in [6.07, 6.45) is 1.03. The summed E-state index contributed by atoms with van der Waals surface area (Å²) >= 11 is 0. The van der Waals surface area contributed by atoms with Gasteiger partial charge in [-0.05, 0) is 49.3 Å². The Labute approximate surface area is 109 Å². The van der Waals surface area contributed by atoms with Crippen molar-refractivity contribution < 1.29 is 4.74 Å². The summed E-state index contributed by atoms with van der Waals surface area (Å²) in [4.78, 5) is 0. The Hall–Kier alpha value is -1.80. The van der Waals surface area contributed by atoms with E-state index < -0.39 is 0 Å². The molecule has 0 aliphatic rings. The van der Waals surface area contributed by atoms with Crippen LogP contribution in [-0.2, 0) is 6.42 Å². The summed E-state index contributed by atoms with van der Waals surface area (Å²) in [6.45, 7) is 4.14. The molecule has 0 atom stereocenters. The van der Waals surface area contributed by atoms with E-state index in [0.29, 0.717) is 0 Å². The smallest absolute Gasteiger partial charge is 0.127 e. The van der Waals surface area contributed by atoms with Crippen LogP contribution in [0.5, 0.6) is 11.5 Å². The summed E-state index contributed by atoms with van der Waals surface area (Å²) in [7, 11) is 0. The third-order valence-electron chi connectivity index (χ3n) is 2.72. The summed E-state index contributed by atoms with van der Waals surface area (Å²) in [5.41, 5.74) is 1.30. The van der Waals surface area contributed by atoms with Crippen LogP contribution in [-0.4, -0.2) is 13.1 Å². The summed E-state index contributed by atoms with van der Waals surface area (Å²) < 4.78 is 5.80. The van der Waals surface area contributed by atoms with E-state index in [2.05, 4.69) is 24.4 Å². The largest absolute Gasteiger partial charge is 0.457 e. The molecule has 0 saturated carbocycles. The number of rotatable bonds is 6. The maximum absolute atomic E-state index is 5.80. The minimum atomic E-state index is 0.876. The highest BCUT2D eigenvalue weighted by atomic mass is 16.5. The molecule has 0 bridgehead atoms. The summed E-state index contributed by atoms with van der Waals surface area (Å²) in [5, 5.41) is 3.33. The normalized spacial score (nSPS) is 10.3. The van der Waals surface area contributed by atoms with Gasteiger partial charge in [-0.25, -0.2) is 0 Å². The van der Waals surface area contributed by atoms with Gasteiger partial charge < -0.3 is 10.1 Å². The van der Waals surface area contributed by atoms with Gasteiger partial charge >= 0.3 is 0 Å². The molecule has 0 unspecified atom stereocenters. The van der Waals surface area contributed by atoms with E-state index in [4.69, 9.17) is 4.74 Å². The molecule has 0 aliphatic carbocycles. The van der Waals surface area contributed by atoms with Crippen LogP contribution in [0.2, 0.25) is 0 Å². The van der Waals surface area contributed by atoms with E-state index in [1.807, 2.05) is 42.5 Å². The first-order valence-electron chi connectivity index (χ1n) is 6.41. The third kappa shape index (κ3) is 3.90. The van der Waals surface area contributed by atoms with Gasteiger partial charge in [-0.15, -0.1) is 0 Å². The molecule has 2 nitrogen and oxygen atoms in total. The van der Waals surface area contributed by atoms with E-state index in [0.717, 1.165) is 31.0 Å². The molecule has 94 valence electrons. The molecule has 0 amide bonds. The molecule has 1 N–H and O–H groups in total. The molecule has 0 aromatic heterocycles. The number of hydrogen-bond acceptors (Lipinski definition) is 2. The Kier molecular flexibility index (Phi) is 4.79. The predicted molar refractivity (Wildman–Crippen MR) is 75.2 cm³/mol. The molecule has 0 aliphatic heterocycles. The van der Waals surface area contributed by atoms with E-state index in [-0.39, 0.29) is 0 Å². The molecular weight excluding hydrogens is 222 g/mol. The van der Waals surface area contributed by atoms with Crippen LogP contribution in [0.4, 0.5) is 0 Å². The maximum atomic E-state index is 5.80. The lowest BCUT2D eigenvalue weighted by Gasteiger charge is -2.07. The standard InChI is InChI=1S/C16H19NO/c1-2-17-12-11-14-7-6-10-16(13-14)18-15-8-4-3-5-9-15/h3-10,13,17H,2,11-12H2,1H3. The highest BCUT2D eigenvalue weighted by Gasteiger charge is 1.98. The SMILES string of the molecule is CCNCCc1cccc(Oc2ccccc2)c1. The fourth-order valence-corrected chi connectivity index (χ4v) is 1.80. The van der Waals surface area contributed by atoms with Crippen molar-refractivity contribution in [3.8, 4) is 11.5 Å². The molecule has 0 radical (unpaired) electrons. The van der Waals surface area contributed by atoms with Crippen LogP contribution >= 0.6 is 0 Å². The maximum Gasteiger partial charge on any atom is 0.127 e. The van der Waals surface area contributed by atoms with E-state index in [1.54, 1.807) is 0 Å². The first kappa shape index (κ1) is 12.7. The second kappa shape index (κ2) is 6.82. The molecule has 2 aromatic carbocycles. The molecule has 0 spiro atoms. The van der Waals surface area contributed by atoms with E-state index in [1.165, 1.54) is 5.56 Å². The van der Waals surface area contributed by atoms with Gasteiger partial charge in [-0.3, -0.25) is 0 Å². The third-order valence-corrected chi connectivity index (χ3v) is 2.72. The van der Waals surface area contributed by atoms with E-state index in [9.17, 15) is 0 Å². The van der Waals surface area contributed by atoms with Crippen molar-refractivity contribution in [2.75, 3.05) is 13.1 Å². The van der Waals surface area contributed by atoms with Gasteiger partial charge in [-0.1, -0.05) is 37.3 Å². The summed E-state index contributed by atoms with van der Waals surface area (Å²) in [6, 6.07) is 18.1. The fourth-order valence-electron chi connectivity index (χ4n) is 1.80. The zero-order chi connectivity index (χ0) is 12.6. The number of hydrogen-bond donors (Lipinski definition) is 1. The molecular formula is C16H19NO. The lowest BCUT2D eigenvalue weighted by molar-refractivity contribution is 0.482. The number of likely N-dealkylation sites (N-methyl/N-ethyl adjacent to an activating group) is 1. The van der Waals surface area contributed by atoms with Crippen LogP contribution < -0.4 is 10.1 Å². The first-order valence-corrected chi connectivity index (χ1v) is 6.41. The molecule has 2 heteroatoms. The van der Waals surface area contributed by atoms with Crippen LogP contribution in [0.25, 0.3) is 0 Å². The Bertz CT molecular complexity index is 468. The van der Waals surface area contributed by atoms with Gasteiger partial charge in [0.25, 0.3) is 0 Å². The molecule has 0 saturated heterocycles. The lowest BCUT2D eigenvalue weighted by Crippen LogP contribution is -2.15. The van der Waals surface area contributed by atoms with Crippen LogP contribution in [0.1, 0.15) is 12.5 Å². The highest BCUT2D eigenvalue weighted by molar-refractivity contribution is 5.33. The van der Waals surface area contributed by atoms with Gasteiger partial charge in [0.2, 0.25) is 0 Å². The van der Waals surface area contributed by atoms with Gasteiger partial charge in [0.05, 0.1) is 0 Å². The number of ether oxygens (including phenoxy) is 1. The molecule has 18 heavy (non-hydrogen) atoms. The zero-order valence-electron chi connectivity index (χ0n) is 10.7. The minimum Gasteiger partial charge on any atom is -0.457 e. The van der Waals surface area contributed by atoms with Crippen LogP contribution in [0, 0.1) is 0 Å². The van der Waals surface area contributed by atoms with Gasteiger partial charge in [0, 0.05) is 0 Å². The van der Waals surface area contributed by atoms with Gasteiger partial charge in [-0.2, -0.15) is 0 Å². The molecule has 0 fully saturated rings. The van der Waals surface area contributed by atoms with Crippen molar-refractivity contribution in [1.29, 1.82) is 0 Å². The topological polar surface area (TPSA) is 21.3 Å². The number of nitrogens with one attached hydrogen (secondary N) is 1. The average molecular weight is 241 g/mol. The molecule has 0 heterocycles. The second-order valence-corrected chi connectivity index (χ2v) is 4.17. The number of para-hydroxylation sites is 1. The predicted octanol–water partition coefficient (Wildman–Crippen LogP) is 3.63. The average Bonchev–Trinajstić information content (AvgIpc) is 2.41. The van der Waals surface area contributed by atoms with Crippen molar-refractivity contribution >= 4 is 0 Å². The van der Waals surface area contributed by atoms with Gasteiger partial charge in [0.1, 0.15) is 11.5 Å². The highest BCUT2D eigenvalue weighted by Crippen LogP contribution is 2.21. The first-order chi connectivity index (χ1) is 8.88. The number of benzene rings is 2. The summed E-state index contributed by atoms with van der Waals surface area (Å²) in [5.74, 6) is 1.77. The minimum absolute atomic E-state index is 0.876. The van der Waals surface area contributed by atoms with Crippen LogP contribution in [0.3, 0.4) is 0 Å². The van der Waals surface area contributed by atoms with Crippen LogP contribution in [0.15, 0.2) is 54.6 Å². The van der Waals surface area contributed by atoms with Crippen molar-refractivity contribution in [2.24, 2.45) is 0 Å². The fraction of sp³-hybridized carbons (Fsp3) is 0.250. The van der Waals surface area contributed by atoms with Crippen molar-refractivity contribution in [2.45, 2.75) is 13.3 Å². The van der Waals surface area contributed by atoms with Gasteiger partial charge in [0.15, 0.2) is 0 Å². The van der Waals surface area contributed by atoms with E-state index >= 15 is 0 Å². The Morgan fingerprint density at radius 2 is 1.72 bits per heavy atom. The van der Waals surface area contributed by atoms with Crippen molar-refractivity contribution in [3.05, 3.63) is 60.2 Å². The van der Waals surface area contributed by atoms with Crippen molar-refractivity contribution in [3.63, 3.8) is 0 Å². The second-order valence-electron chi connectivity index (χ2n) is 4.17. The monoisotopic (exact) mass is 241 g/mol. The Balaban J connectivity index is 1.99. The Morgan fingerprint density at radius 1 is 0.944 bits per heavy atom. The quantitative estimate of drug-likeness (QED) is 0.780.